The van der Waals surface area contributed by atoms with E-state index in [1.807, 2.05) is 0 Å². The monoisotopic (exact) mass is 296 g/mol. The van der Waals surface area contributed by atoms with Crippen molar-refractivity contribution >= 4 is 6.01 Å². The van der Waals surface area contributed by atoms with Crippen molar-refractivity contribution in [1.82, 2.24) is 4.98 Å². The number of ether oxygens (including phenoxy) is 1. The summed E-state index contributed by atoms with van der Waals surface area (Å²) >= 11 is 0. The lowest BCUT2D eigenvalue weighted by Crippen LogP contribution is -2.22. The quantitative estimate of drug-likeness (QED) is 0.579. The van der Waals surface area contributed by atoms with Crippen molar-refractivity contribution in [3.63, 3.8) is 0 Å². The van der Waals surface area contributed by atoms with Gasteiger partial charge in [0.2, 0.25) is 0 Å². The van der Waals surface area contributed by atoms with Gasteiger partial charge in [-0.2, -0.15) is 4.98 Å². The molecule has 4 nitrogen and oxygen atoms in total. The molecule has 1 heterocycles. The molecule has 0 fully saturated rings. The number of nitrogen functional groups attached to an aromatic ring is 1. The molecular weight excluding hydrogens is 264 g/mol. The summed E-state index contributed by atoms with van der Waals surface area (Å²) < 4.78 is 11.0. The van der Waals surface area contributed by atoms with Crippen LogP contribution in [0.3, 0.4) is 0 Å². The first-order valence-corrected chi connectivity index (χ1v) is 8.38. The zero-order chi connectivity index (χ0) is 15.7. The summed E-state index contributed by atoms with van der Waals surface area (Å²) in [5.74, 6) is 1.38. The van der Waals surface area contributed by atoms with Gasteiger partial charge in [-0.05, 0) is 12.8 Å². The van der Waals surface area contributed by atoms with E-state index < -0.39 is 0 Å². The van der Waals surface area contributed by atoms with Gasteiger partial charge in [0.1, 0.15) is 0 Å². The predicted octanol–water partition coefficient (Wildman–Crippen LogP) is 5.07. The highest BCUT2D eigenvalue weighted by Gasteiger charge is 2.34. The van der Waals surface area contributed by atoms with Crippen LogP contribution in [0.15, 0.2) is 4.42 Å². The van der Waals surface area contributed by atoms with E-state index >= 15 is 0 Å². The van der Waals surface area contributed by atoms with Gasteiger partial charge in [0.25, 0.3) is 11.9 Å². The van der Waals surface area contributed by atoms with Crippen molar-refractivity contribution in [3.8, 4) is 5.88 Å². The second-order valence-corrected chi connectivity index (χ2v) is 6.22. The minimum absolute atomic E-state index is 0.0296. The predicted molar refractivity (Wildman–Crippen MR) is 87.7 cm³/mol. The number of hydrogen-bond acceptors (Lipinski definition) is 4. The molecule has 0 spiro atoms. The first-order valence-electron chi connectivity index (χ1n) is 8.38. The maximum Gasteiger partial charge on any atom is 0.295 e. The van der Waals surface area contributed by atoms with Crippen LogP contribution in [0.2, 0.25) is 0 Å². The molecule has 0 amide bonds. The van der Waals surface area contributed by atoms with E-state index in [2.05, 4.69) is 25.8 Å². The number of oxazole rings is 1. The van der Waals surface area contributed by atoms with E-state index in [9.17, 15) is 0 Å². The Morgan fingerprint density at radius 2 is 1.67 bits per heavy atom. The van der Waals surface area contributed by atoms with Gasteiger partial charge in [-0.15, -0.1) is 0 Å². The second kappa shape index (κ2) is 8.96. The molecule has 4 heteroatoms. The highest BCUT2D eigenvalue weighted by atomic mass is 16.5. The molecule has 1 aromatic heterocycles. The average Bonchev–Trinajstić information content (AvgIpc) is 2.87. The minimum Gasteiger partial charge on any atom is -0.478 e. The van der Waals surface area contributed by atoms with Gasteiger partial charge in [-0.25, -0.2) is 0 Å². The SMILES string of the molecule is CCCCCCCC(C)(CCCC)c1oc(N)nc1OC. The number of unbranched alkanes of at least 4 members (excludes halogenated alkanes) is 5. The molecule has 0 aliphatic rings. The third kappa shape index (κ3) is 5.25. The second-order valence-electron chi connectivity index (χ2n) is 6.22. The number of rotatable bonds is 11. The molecule has 0 saturated carbocycles. The lowest BCUT2D eigenvalue weighted by Gasteiger charge is -2.27. The van der Waals surface area contributed by atoms with Crippen molar-refractivity contribution in [1.29, 1.82) is 0 Å². The first-order chi connectivity index (χ1) is 10.1. The van der Waals surface area contributed by atoms with Gasteiger partial charge in [-0.1, -0.05) is 65.7 Å². The Labute approximate surface area is 129 Å². The Bertz CT molecular complexity index is 403. The molecule has 2 N–H and O–H groups in total. The maximum absolute atomic E-state index is 5.72. The number of hydrogen-bond donors (Lipinski definition) is 1. The molecule has 0 aliphatic carbocycles. The highest BCUT2D eigenvalue weighted by molar-refractivity contribution is 5.31. The van der Waals surface area contributed by atoms with E-state index in [4.69, 9.17) is 14.9 Å². The molecule has 21 heavy (non-hydrogen) atoms. The van der Waals surface area contributed by atoms with Crippen LogP contribution >= 0.6 is 0 Å². The lowest BCUT2D eigenvalue weighted by molar-refractivity contribution is 0.283. The normalized spacial score (nSPS) is 14.1. The van der Waals surface area contributed by atoms with Crippen LogP contribution in [0.4, 0.5) is 6.01 Å². The van der Waals surface area contributed by atoms with Gasteiger partial charge in [0, 0.05) is 5.41 Å². The molecule has 1 atom stereocenters. The molecule has 122 valence electrons. The Kier molecular flexibility index (Phi) is 7.62. The smallest absolute Gasteiger partial charge is 0.295 e. The molecule has 0 bridgehead atoms. The Morgan fingerprint density at radius 1 is 1.05 bits per heavy atom. The third-order valence-corrected chi connectivity index (χ3v) is 4.27. The Hall–Kier alpha value is -1.19. The van der Waals surface area contributed by atoms with E-state index in [1.54, 1.807) is 7.11 Å². The van der Waals surface area contributed by atoms with Crippen molar-refractivity contribution in [2.45, 2.75) is 84.0 Å². The fraction of sp³-hybridized carbons (Fsp3) is 0.824. The molecule has 0 radical (unpaired) electrons. The molecule has 1 rings (SSSR count). The molecular formula is C17H32N2O2. The van der Waals surface area contributed by atoms with Crippen LogP contribution in [-0.4, -0.2) is 12.1 Å². The van der Waals surface area contributed by atoms with Crippen LogP contribution in [0.5, 0.6) is 5.88 Å². The Balaban J connectivity index is 2.76. The zero-order valence-electron chi connectivity index (χ0n) is 14.2. The summed E-state index contributed by atoms with van der Waals surface area (Å²) in [7, 11) is 1.63. The standard InChI is InChI=1S/C17H32N2O2/c1-5-7-9-10-11-13-17(3,12-8-6-2)14-15(20-4)19-16(18)21-14/h5-13H2,1-4H3,(H2,18,19). The van der Waals surface area contributed by atoms with Crippen LogP contribution in [0.25, 0.3) is 0 Å². The molecule has 1 unspecified atom stereocenters. The summed E-state index contributed by atoms with van der Waals surface area (Å²) in [5, 5.41) is 0. The first kappa shape index (κ1) is 17.9. The van der Waals surface area contributed by atoms with Gasteiger partial charge in [0.05, 0.1) is 7.11 Å². The average molecular weight is 296 g/mol. The number of aromatic nitrogens is 1. The van der Waals surface area contributed by atoms with Gasteiger partial charge in [0.15, 0.2) is 5.76 Å². The number of anilines is 1. The largest absolute Gasteiger partial charge is 0.478 e. The summed E-state index contributed by atoms with van der Waals surface area (Å²) in [5.41, 5.74) is 5.69. The number of nitrogens with two attached hydrogens (primary N) is 1. The van der Waals surface area contributed by atoms with E-state index in [1.165, 1.54) is 44.9 Å². The zero-order valence-corrected chi connectivity index (χ0v) is 14.2. The van der Waals surface area contributed by atoms with Crippen molar-refractivity contribution in [2.24, 2.45) is 0 Å². The van der Waals surface area contributed by atoms with Gasteiger partial charge in [-0.3, -0.25) is 0 Å². The summed E-state index contributed by atoms with van der Waals surface area (Å²) in [4.78, 5) is 4.15. The molecule has 1 aromatic rings. The number of methoxy groups -OCH3 is 1. The summed E-state index contributed by atoms with van der Waals surface area (Å²) in [6.45, 7) is 6.71. The van der Waals surface area contributed by atoms with E-state index in [0.717, 1.165) is 18.6 Å². The maximum atomic E-state index is 5.72. The van der Waals surface area contributed by atoms with E-state index in [-0.39, 0.29) is 11.4 Å². The summed E-state index contributed by atoms with van der Waals surface area (Å²) in [6, 6.07) is 0.204. The summed E-state index contributed by atoms with van der Waals surface area (Å²) in [6.07, 6.45) is 10.9. The van der Waals surface area contributed by atoms with Crippen molar-refractivity contribution in [2.75, 3.05) is 12.8 Å². The van der Waals surface area contributed by atoms with Gasteiger partial charge >= 0.3 is 0 Å². The van der Waals surface area contributed by atoms with Crippen LogP contribution in [0, 0.1) is 0 Å². The fourth-order valence-electron chi connectivity index (χ4n) is 2.88. The van der Waals surface area contributed by atoms with Crippen molar-refractivity contribution in [3.05, 3.63) is 5.76 Å². The molecule has 0 saturated heterocycles. The van der Waals surface area contributed by atoms with E-state index in [0.29, 0.717) is 5.88 Å². The Morgan fingerprint density at radius 3 is 2.29 bits per heavy atom. The van der Waals surface area contributed by atoms with Crippen LogP contribution in [-0.2, 0) is 5.41 Å². The van der Waals surface area contributed by atoms with Gasteiger partial charge < -0.3 is 14.9 Å². The topological polar surface area (TPSA) is 61.3 Å². The van der Waals surface area contributed by atoms with Crippen LogP contribution in [0.1, 0.15) is 84.3 Å². The fourth-order valence-corrected chi connectivity index (χ4v) is 2.88. The molecule has 0 aromatic carbocycles. The molecule has 0 aliphatic heterocycles. The van der Waals surface area contributed by atoms with Crippen molar-refractivity contribution < 1.29 is 9.15 Å². The highest BCUT2D eigenvalue weighted by Crippen LogP contribution is 2.40. The van der Waals surface area contributed by atoms with Crippen LogP contribution < -0.4 is 10.5 Å². The lowest BCUT2D eigenvalue weighted by atomic mass is 9.78. The minimum atomic E-state index is -0.0296. The third-order valence-electron chi connectivity index (χ3n) is 4.27. The number of nitrogens with zero attached hydrogens (tertiary/aromatic N) is 1.